The Morgan fingerprint density at radius 3 is 1.11 bits per heavy atom. The second-order valence-electron chi connectivity index (χ2n) is 14.6. The number of benzene rings is 2. The molecular formula is C37H54NO3PPdS-4. The molecule has 2 N–H and O–H groups in total. The molecule has 8 fully saturated rings. The Morgan fingerprint density at radius 1 is 0.659 bits per heavy atom. The van der Waals surface area contributed by atoms with Gasteiger partial charge in [0.2, 0.25) is 0 Å². The van der Waals surface area contributed by atoms with Gasteiger partial charge in [-0.1, -0.05) is 21.3 Å². The van der Waals surface area contributed by atoms with Crippen LogP contribution in [0.5, 0.6) is 0 Å². The van der Waals surface area contributed by atoms with Crippen LogP contribution in [0.2, 0.25) is 0 Å². The summed E-state index contributed by atoms with van der Waals surface area (Å²) in [5, 5.41) is 1.76. The molecule has 4 nitrogen and oxygen atoms in total. The Labute approximate surface area is 284 Å². The summed E-state index contributed by atoms with van der Waals surface area (Å²) < 4.78 is 27.2. The first-order valence-corrected chi connectivity index (χ1v) is 20.0. The average Bonchev–Trinajstić information content (AvgIpc) is 2.93. The van der Waals surface area contributed by atoms with E-state index in [0.717, 1.165) is 45.8 Å². The summed E-state index contributed by atoms with van der Waals surface area (Å²) in [6.07, 6.45) is 25.2. The average molecular weight is 730 g/mol. The summed E-state index contributed by atoms with van der Waals surface area (Å²) in [6, 6.07) is 25.0. The molecule has 8 saturated carbocycles. The van der Waals surface area contributed by atoms with Crippen molar-refractivity contribution in [1.82, 2.24) is 0 Å². The summed E-state index contributed by atoms with van der Waals surface area (Å²) in [5.41, 5.74) is 0. The predicted octanol–water partition coefficient (Wildman–Crippen LogP) is 10.1. The fourth-order valence-electron chi connectivity index (χ4n) is 10.8. The second kappa shape index (κ2) is 17.0. The first-order chi connectivity index (χ1) is 20.2. The zero-order valence-electron chi connectivity index (χ0n) is 26.8. The largest absolute Gasteiger partial charge is 0.748 e. The molecule has 8 aliphatic carbocycles. The molecule has 10 rings (SSSR count). The van der Waals surface area contributed by atoms with Crippen molar-refractivity contribution < 1.29 is 33.4 Å². The van der Waals surface area contributed by atoms with Crippen molar-refractivity contribution in [2.75, 3.05) is 12.4 Å². The van der Waals surface area contributed by atoms with Gasteiger partial charge in [-0.3, -0.25) is 0 Å². The van der Waals surface area contributed by atoms with E-state index in [4.69, 9.17) is 13.0 Å². The van der Waals surface area contributed by atoms with Gasteiger partial charge < -0.3 is 10.7 Å². The van der Waals surface area contributed by atoms with Crippen molar-refractivity contribution in [3.8, 4) is 0 Å². The van der Waals surface area contributed by atoms with Gasteiger partial charge in [-0.25, -0.2) is 8.42 Å². The van der Waals surface area contributed by atoms with E-state index < -0.39 is 10.1 Å². The van der Waals surface area contributed by atoms with Gasteiger partial charge in [-0.15, -0.1) is 0 Å². The quantitative estimate of drug-likeness (QED) is 0.133. The maximum atomic E-state index is 9.08. The van der Waals surface area contributed by atoms with Crippen LogP contribution in [0, 0.1) is 47.6 Å². The zero-order chi connectivity index (χ0) is 29.6. The minimum Gasteiger partial charge on any atom is -0.748 e. The van der Waals surface area contributed by atoms with E-state index in [0.29, 0.717) is 6.26 Å². The molecule has 0 unspecified atom stereocenters. The van der Waals surface area contributed by atoms with Crippen LogP contribution < -0.4 is 0 Å². The van der Waals surface area contributed by atoms with Gasteiger partial charge in [0, 0.05) is 26.7 Å². The SMILES string of the molecule is CCCCP(C12CC3CC(CC(C3)C1)C2)C12CC3CC(CC(C3)C1)C2.CS(=O)(=O)[O-].[NH2-].[Pd].[c-]1ccccc1.[c-]1ccccc1. The van der Waals surface area contributed by atoms with Crippen molar-refractivity contribution >= 4 is 18.0 Å². The fraction of sp³-hybridized carbons (Fsp3) is 0.676. The molecule has 2 aromatic carbocycles. The Bertz CT molecular complexity index is 988. The van der Waals surface area contributed by atoms with Crippen LogP contribution in [0.15, 0.2) is 60.7 Å². The zero-order valence-corrected chi connectivity index (χ0v) is 30.1. The smallest absolute Gasteiger partial charge is 0.0916 e. The van der Waals surface area contributed by atoms with Crippen molar-refractivity contribution in [1.29, 1.82) is 0 Å². The fourth-order valence-corrected chi connectivity index (χ4v) is 16.2. The van der Waals surface area contributed by atoms with Crippen molar-refractivity contribution in [2.24, 2.45) is 35.5 Å². The van der Waals surface area contributed by atoms with Crippen LogP contribution in [-0.2, 0) is 30.5 Å². The number of hydrogen-bond donors (Lipinski definition) is 0. The van der Waals surface area contributed by atoms with E-state index in [9.17, 15) is 0 Å². The normalized spacial score (nSPS) is 35.6. The summed E-state index contributed by atoms with van der Waals surface area (Å²) in [5.74, 6) is 6.95. The summed E-state index contributed by atoms with van der Waals surface area (Å²) >= 11 is 0. The van der Waals surface area contributed by atoms with Gasteiger partial charge in [-0.05, 0) is 135 Å². The molecule has 0 atom stereocenters. The van der Waals surface area contributed by atoms with E-state index in [-0.39, 0.29) is 34.5 Å². The van der Waals surface area contributed by atoms with Crippen molar-refractivity contribution in [3.05, 3.63) is 78.9 Å². The summed E-state index contributed by atoms with van der Waals surface area (Å²) in [4.78, 5) is 0. The Hall–Kier alpha value is -0.598. The molecule has 0 spiro atoms. The van der Waals surface area contributed by atoms with Gasteiger partial charge in [0.05, 0.1) is 10.1 Å². The maximum absolute atomic E-state index is 9.08. The number of hydrogen-bond acceptors (Lipinski definition) is 3. The van der Waals surface area contributed by atoms with Crippen LogP contribution in [0.1, 0.15) is 96.8 Å². The van der Waals surface area contributed by atoms with Crippen LogP contribution >= 0.6 is 7.92 Å². The molecule has 0 heterocycles. The molecule has 250 valence electrons. The third-order valence-corrected chi connectivity index (χ3v) is 15.3. The van der Waals surface area contributed by atoms with Crippen LogP contribution in [0.25, 0.3) is 6.15 Å². The Morgan fingerprint density at radius 2 is 0.932 bits per heavy atom. The van der Waals surface area contributed by atoms with Gasteiger partial charge in [-0.2, -0.15) is 72.8 Å². The molecular weight excluding hydrogens is 676 g/mol. The third-order valence-electron chi connectivity index (χ3n) is 11.1. The molecule has 0 saturated heterocycles. The second-order valence-corrected chi connectivity index (χ2v) is 19.3. The molecule has 8 bridgehead atoms. The molecule has 0 radical (unpaired) electrons. The van der Waals surface area contributed by atoms with Crippen molar-refractivity contribution in [2.45, 2.75) is 107 Å². The summed E-state index contributed by atoms with van der Waals surface area (Å²) in [6.45, 7) is 2.45. The first kappa shape index (κ1) is 37.9. The van der Waals surface area contributed by atoms with Gasteiger partial charge in [0.1, 0.15) is 0 Å². The van der Waals surface area contributed by atoms with Gasteiger partial charge in [0.15, 0.2) is 0 Å². The number of rotatable bonds is 5. The summed E-state index contributed by atoms with van der Waals surface area (Å²) in [7, 11) is -3.63. The third kappa shape index (κ3) is 10.2. The minimum atomic E-state index is -3.92. The topological polar surface area (TPSA) is 90.7 Å². The Balaban J connectivity index is 0.000000230. The predicted molar refractivity (Wildman–Crippen MR) is 180 cm³/mol. The van der Waals surface area contributed by atoms with Crippen LogP contribution in [0.3, 0.4) is 0 Å². The molecule has 2 aromatic rings. The molecule has 44 heavy (non-hydrogen) atoms. The van der Waals surface area contributed by atoms with E-state index in [1.165, 1.54) is 6.42 Å². The van der Waals surface area contributed by atoms with E-state index >= 15 is 0 Å². The van der Waals surface area contributed by atoms with Gasteiger partial charge >= 0.3 is 0 Å². The number of nitrogens with two attached hydrogens (primary N) is 1. The molecule has 8 aliphatic rings. The molecule has 7 heteroatoms. The van der Waals surface area contributed by atoms with E-state index in [1.54, 1.807) is 89.6 Å². The van der Waals surface area contributed by atoms with Crippen LogP contribution in [0.4, 0.5) is 0 Å². The monoisotopic (exact) mass is 729 g/mol. The molecule has 0 amide bonds. The van der Waals surface area contributed by atoms with Gasteiger partial charge in [0.25, 0.3) is 0 Å². The number of unbranched alkanes of at least 4 members (excludes halogenated alkanes) is 1. The van der Waals surface area contributed by atoms with Crippen LogP contribution in [-0.4, -0.2) is 35.7 Å². The first-order valence-electron chi connectivity index (χ1n) is 16.7. The Kier molecular flexibility index (Phi) is 14.6. The van der Waals surface area contributed by atoms with E-state index in [2.05, 4.69) is 19.1 Å². The van der Waals surface area contributed by atoms with E-state index in [1.807, 2.05) is 60.7 Å². The molecule has 0 aliphatic heterocycles. The standard InChI is InChI=1S/C24H39P.2C6H5.CH4O3S.H2N.Pd/c1-2-3-4-25(23-11-17-5-18(12-23)7-19(6-17)13-23)24-14-20-8-21(15-24)10-22(9-20)16-24;2*1-2-4-6-5-3-1;1-5(2,3)4;;/h17-22H,2-16H2,1H3;2*1-5H;1H3,(H,2,3,4);1H2;/q;2*-1;;-1;/p-1. The minimum absolute atomic E-state index is 0. The van der Waals surface area contributed by atoms with Crippen molar-refractivity contribution in [3.63, 3.8) is 0 Å². The maximum Gasteiger partial charge on any atom is 0.0916 e. The molecule has 0 aromatic heterocycles.